The lowest BCUT2D eigenvalue weighted by Gasteiger charge is -2.19. The number of ether oxygens (including phenoxy) is 2. The maximum atomic E-state index is 13.7. The summed E-state index contributed by atoms with van der Waals surface area (Å²) in [7, 11) is 1.27. The van der Waals surface area contributed by atoms with Crippen molar-refractivity contribution < 1.29 is 27.4 Å². The van der Waals surface area contributed by atoms with Gasteiger partial charge in [-0.2, -0.15) is 13.2 Å². The van der Waals surface area contributed by atoms with Crippen LogP contribution >= 0.6 is 0 Å². The number of alkyl halides is 3. The minimum Gasteiger partial charge on any atom is -0.488 e. The molecule has 1 heterocycles. The number of methoxy groups -OCH3 is 1. The lowest BCUT2D eigenvalue weighted by molar-refractivity contribution is -0.137. The van der Waals surface area contributed by atoms with Crippen molar-refractivity contribution in [1.82, 2.24) is 4.57 Å². The van der Waals surface area contributed by atoms with Gasteiger partial charge < -0.3 is 19.8 Å². The monoisotopic (exact) mass is 524 g/mol. The molecule has 2 N–H and O–H groups in total. The van der Waals surface area contributed by atoms with E-state index < -0.39 is 17.7 Å². The molecule has 200 valence electrons. The molecule has 4 rings (SSSR count). The van der Waals surface area contributed by atoms with Gasteiger partial charge in [0.05, 0.1) is 23.9 Å². The fourth-order valence-electron chi connectivity index (χ4n) is 4.03. The quantitative estimate of drug-likeness (QED) is 0.207. The Bertz CT molecular complexity index is 1410. The Hall–Kier alpha value is -4.20. The van der Waals surface area contributed by atoms with Crippen LogP contribution in [-0.4, -0.2) is 17.6 Å². The molecule has 0 fully saturated rings. The molecule has 1 aromatic heterocycles. The first kappa shape index (κ1) is 28.4. The molecule has 0 unspecified atom stereocenters. The van der Waals surface area contributed by atoms with Gasteiger partial charge in [0.2, 0.25) is 0 Å². The van der Waals surface area contributed by atoms with Crippen LogP contribution in [0.15, 0.2) is 72.8 Å². The number of nitrogens with zero attached hydrogens (tertiary/aromatic N) is 1. The molecule has 4 aromatic rings. The van der Waals surface area contributed by atoms with Gasteiger partial charge >= 0.3 is 12.1 Å². The summed E-state index contributed by atoms with van der Waals surface area (Å²) < 4.78 is 53.6. The second-order valence-electron chi connectivity index (χ2n) is 8.38. The first-order valence-electron chi connectivity index (χ1n) is 12.2. The minimum absolute atomic E-state index is 0.183. The van der Waals surface area contributed by atoms with Crippen LogP contribution in [0.4, 0.5) is 18.9 Å². The summed E-state index contributed by atoms with van der Waals surface area (Å²) in [6, 6.07) is 19.5. The second kappa shape index (κ2) is 11.9. The zero-order valence-electron chi connectivity index (χ0n) is 22.0. The molecular weight excluding hydrogens is 493 g/mol. The molecule has 0 bridgehead atoms. The van der Waals surface area contributed by atoms with E-state index in [0.29, 0.717) is 28.4 Å². The molecule has 5 nitrogen and oxygen atoms in total. The second-order valence-corrected chi connectivity index (χ2v) is 8.38. The first-order chi connectivity index (χ1) is 18.1. The van der Waals surface area contributed by atoms with Gasteiger partial charge in [0.15, 0.2) is 0 Å². The number of aromatic nitrogens is 1. The molecule has 8 heteroatoms. The number of benzene rings is 3. The van der Waals surface area contributed by atoms with Crippen LogP contribution in [0.3, 0.4) is 0 Å². The highest BCUT2D eigenvalue weighted by Crippen LogP contribution is 2.39. The van der Waals surface area contributed by atoms with Gasteiger partial charge in [-0.3, -0.25) is 0 Å². The third-order valence-electron chi connectivity index (χ3n) is 5.99. The largest absolute Gasteiger partial charge is 0.488 e. The number of aryl methyl sites for hydroxylation is 1. The Kier molecular flexibility index (Phi) is 8.88. The van der Waals surface area contributed by atoms with E-state index in [1.807, 2.05) is 51.1 Å². The molecular formula is C30H31F3N2O3. The molecule has 38 heavy (non-hydrogen) atoms. The van der Waals surface area contributed by atoms with Crippen molar-refractivity contribution in [2.24, 2.45) is 0 Å². The van der Waals surface area contributed by atoms with Gasteiger partial charge in [-0.25, -0.2) is 4.79 Å². The van der Waals surface area contributed by atoms with Gasteiger partial charge in [-0.15, -0.1) is 0 Å². The smallest absolute Gasteiger partial charge is 0.416 e. The molecule has 0 saturated heterocycles. The standard InChI is InChI=1S/C28H25F3N2O3.C2H6/c1-17-9-11-25(33(17)21-14-22(27(34)35-3)18(2)24(32)15-21)23-13-20(28(29,30)31)10-12-26(23)36-16-19-7-5-4-6-8-19;1-2/h4-15H,16,32H2,1-3H3;1-2H3. The molecule has 0 aliphatic heterocycles. The first-order valence-corrected chi connectivity index (χ1v) is 12.2. The van der Waals surface area contributed by atoms with Crippen LogP contribution in [0.2, 0.25) is 0 Å². The lowest BCUT2D eigenvalue weighted by atomic mass is 10.0. The Labute approximate surface area is 220 Å². The van der Waals surface area contributed by atoms with E-state index in [4.69, 9.17) is 15.2 Å². The number of hydrogen-bond donors (Lipinski definition) is 1. The number of carbonyl (C=O) groups excluding carboxylic acids is 1. The number of hydrogen-bond acceptors (Lipinski definition) is 4. The number of anilines is 1. The van der Waals surface area contributed by atoms with Crippen LogP contribution in [0.25, 0.3) is 16.9 Å². The summed E-state index contributed by atoms with van der Waals surface area (Å²) in [6.45, 7) is 7.70. The van der Waals surface area contributed by atoms with Gasteiger partial charge in [0, 0.05) is 22.6 Å². The predicted molar refractivity (Wildman–Crippen MR) is 144 cm³/mol. The summed E-state index contributed by atoms with van der Waals surface area (Å²) in [5.74, 6) is -0.266. The number of rotatable bonds is 6. The molecule has 0 saturated carbocycles. The van der Waals surface area contributed by atoms with Crippen molar-refractivity contribution >= 4 is 11.7 Å². The summed E-state index contributed by atoms with van der Waals surface area (Å²) in [6.07, 6.45) is -4.54. The Morgan fingerprint density at radius 2 is 1.63 bits per heavy atom. The van der Waals surface area contributed by atoms with Crippen molar-refractivity contribution in [3.05, 3.63) is 101 Å². The maximum Gasteiger partial charge on any atom is 0.416 e. The highest BCUT2D eigenvalue weighted by Gasteiger charge is 2.32. The zero-order valence-corrected chi connectivity index (χ0v) is 22.0. The molecule has 0 amide bonds. The third kappa shape index (κ3) is 6.02. The van der Waals surface area contributed by atoms with Gasteiger partial charge in [0.25, 0.3) is 0 Å². The van der Waals surface area contributed by atoms with Crippen LogP contribution in [0.5, 0.6) is 5.75 Å². The third-order valence-corrected chi connectivity index (χ3v) is 5.99. The van der Waals surface area contributed by atoms with E-state index in [0.717, 1.165) is 23.4 Å². The van der Waals surface area contributed by atoms with Crippen LogP contribution < -0.4 is 10.5 Å². The topological polar surface area (TPSA) is 66.5 Å². The van der Waals surface area contributed by atoms with Gasteiger partial charge in [-0.1, -0.05) is 44.2 Å². The fraction of sp³-hybridized carbons (Fsp3) is 0.233. The molecule has 0 aliphatic carbocycles. The SMILES string of the molecule is CC.COC(=O)c1cc(-n2c(C)ccc2-c2cc(C(F)(F)F)ccc2OCc2ccccc2)cc(N)c1C. The summed E-state index contributed by atoms with van der Waals surface area (Å²) >= 11 is 0. The molecule has 3 aromatic carbocycles. The summed E-state index contributed by atoms with van der Waals surface area (Å²) in [5, 5.41) is 0. The van der Waals surface area contributed by atoms with Crippen molar-refractivity contribution in [3.8, 4) is 22.7 Å². The molecule has 0 spiro atoms. The van der Waals surface area contributed by atoms with Crippen LogP contribution in [0.1, 0.15) is 46.6 Å². The zero-order chi connectivity index (χ0) is 28.0. The molecule has 0 radical (unpaired) electrons. The van der Waals surface area contributed by atoms with E-state index in [9.17, 15) is 18.0 Å². The average molecular weight is 525 g/mol. The van der Waals surface area contributed by atoms with E-state index in [1.165, 1.54) is 13.2 Å². The maximum absolute atomic E-state index is 13.7. The molecule has 0 aliphatic rings. The van der Waals surface area contributed by atoms with Crippen molar-refractivity contribution in [3.63, 3.8) is 0 Å². The van der Waals surface area contributed by atoms with E-state index in [-0.39, 0.29) is 17.7 Å². The van der Waals surface area contributed by atoms with E-state index in [2.05, 4.69) is 0 Å². The normalized spacial score (nSPS) is 10.9. The Balaban J connectivity index is 0.00000195. The van der Waals surface area contributed by atoms with Crippen LogP contribution in [0, 0.1) is 13.8 Å². The van der Waals surface area contributed by atoms with E-state index in [1.54, 1.807) is 35.8 Å². The van der Waals surface area contributed by atoms with Gasteiger partial charge in [0.1, 0.15) is 12.4 Å². The van der Waals surface area contributed by atoms with Crippen molar-refractivity contribution in [2.45, 2.75) is 40.5 Å². The predicted octanol–water partition coefficient (Wildman–Crippen LogP) is 7.75. The number of halogens is 3. The highest BCUT2D eigenvalue weighted by molar-refractivity contribution is 5.93. The number of nitrogen functional groups attached to an aromatic ring is 1. The summed E-state index contributed by atoms with van der Waals surface area (Å²) in [5.41, 5.74) is 9.42. The Morgan fingerprint density at radius 3 is 2.26 bits per heavy atom. The average Bonchev–Trinajstić information content (AvgIpc) is 3.30. The number of nitrogens with two attached hydrogens (primary N) is 1. The number of esters is 1. The number of carbonyl (C=O) groups is 1. The fourth-order valence-corrected chi connectivity index (χ4v) is 4.03. The minimum atomic E-state index is -4.54. The van der Waals surface area contributed by atoms with Crippen molar-refractivity contribution in [2.75, 3.05) is 12.8 Å². The van der Waals surface area contributed by atoms with E-state index >= 15 is 0 Å². The molecule has 0 atom stereocenters. The van der Waals surface area contributed by atoms with Crippen LogP contribution in [-0.2, 0) is 17.5 Å². The highest BCUT2D eigenvalue weighted by atomic mass is 19.4. The van der Waals surface area contributed by atoms with Gasteiger partial charge in [-0.05, 0) is 67.4 Å². The Morgan fingerprint density at radius 1 is 0.947 bits per heavy atom. The van der Waals surface area contributed by atoms with Crippen molar-refractivity contribution in [1.29, 1.82) is 0 Å². The summed E-state index contributed by atoms with van der Waals surface area (Å²) in [4.78, 5) is 12.3. The lowest BCUT2D eigenvalue weighted by Crippen LogP contribution is -2.10.